The second-order valence-corrected chi connectivity index (χ2v) is 7.81. The molecule has 2 aliphatic rings. The zero-order valence-electron chi connectivity index (χ0n) is 16.6. The number of hydrogen-bond acceptors (Lipinski definition) is 7. The number of rotatable bonds is 6. The first-order valence-corrected chi connectivity index (χ1v) is 9.98. The van der Waals surface area contributed by atoms with Gasteiger partial charge in [-0.2, -0.15) is 0 Å². The second kappa shape index (κ2) is 7.75. The van der Waals surface area contributed by atoms with E-state index in [0.29, 0.717) is 22.7 Å². The van der Waals surface area contributed by atoms with Crippen LogP contribution in [0.5, 0.6) is 5.75 Å². The van der Waals surface area contributed by atoms with Crippen molar-refractivity contribution in [2.75, 3.05) is 36.8 Å². The fourth-order valence-corrected chi connectivity index (χ4v) is 3.65. The van der Waals surface area contributed by atoms with Crippen LogP contribution in [0.4, 0.5) is 11.5 Å². The van der Waals surface area contributed by atoms with Gasteiger partial charge in [0, 0.05) is 49.5 Å². The van der Waals surface area contributed by atoms with Gasteiger partial charge in [0.15, 0.2) is 0 Å². The highest BCUT2D eigenvalue weighted by Gasteiger charge is 2.31. The Morgan fingerprint density at radius 3 is 2.57 bits per heavy atom. The molecule has 7 nitrogen and oxygen atoms in total. The molecular formula is C21H28N6O. The summed E-state index contributed by atoms with van der Waals surface area (Å²) in [6.07, 6.45) is 4.29. The predicted octanol–water partition coefficient (Wildman–Crippen LogP) is 2.55. The predicted molar refractivity (Wildman–Crippen MR) is 111 cm³/mol. The van der Waals surface area contributed by atoms with E-state index in [1.54, 1.807) is 6.07 Å². The van der Waals surface area contributed by atoms with Gasteiger partial charge < -0.3 is 15.4 Å². The Labute approximate surface area is 166 Å². The molecule has 0 atom stereocenters. The molecule has 0 unspecified atom stereocenters. The van der Waals surface area contributed by atoms with Gasteiger partial charge in [0.05, 0.1) is 17.5 Å². The fourth-order valence-electron chi connectivity index (χ4n) is 3.65. The number of nitrogens with two attached hydrogens (primary N) is 1. The quantitative estimate of drug-likeness (QED) is 0.591. The fraction of sp³-hybridized carbons (Fsp3) is 0.476. The van der Waals surface area contributed by atoms with Gasteiger partial charge in [-0.05, 0) is 44.9 Å². The summed E-state index contributed by atoms with van der Waals surface area (Å²) in [5.41, 5.74) is 8.16. The summed E-state index contributed by atoms with van der Waals surface area (Å²) in [6.45, 7) is 8.01. The van der Waals surface area contributed by atoms with Crippen LogP contribution in [0.25, 0.3) is 0 Å². The third-order valence-electron chi connectivity index (χ3n) is 5.28. The van der Waals surface area contributed by atoms with Crippen molar-refractivity contribution in [2.24, 2.45) is 0 Å². The first-order valence-electron chi connectivity index (χ1n) is 9.98. The molecule has 1 aliphatic heterocycles. The number of nitrogens with zero attached hydrogens (tertiary/aromatic N) is 4. The molecule has 0 spiro atoms. The van der Waals surface area contributed by atoms with Gasteiger partial charge in [0.25, 0.3) is 0 Å². The average Bonchev–Trinajstić information content (AvgIpc) is 3.54. The molecule has 0 amide bonds. The molecule has 148 valence electrons. The summed E-state index contributed by atoms with van der Waals surface area (Å²) in [6, 6.07) is 8.12. The molecule has 1 aliphatic carbocycles. The smallest absolute Gasteiger partial charge is 0.132 e. The van der Waals surface area contributed by atoms with Gasteiger partial charge in [0.2, 0.25) is 0 Å². The van der Waals surface area contributed by atoms with Crippen LogP contribution in [0.15, 0.2) is 30.6 Å². The number of nitrogen functional groups attached to an aromatic ring is 1. The van der Waals surface area contributed by atoms with Gasteiger partial charge in [-0.25, -0.2) is 9.97 Å². The van der Waals surface area contributed by atoms with E-state index in [1.807, 2.05) is 32.0 Å². The van der Waals surface area contributed by atoms with Gasteiger partial charge in [-0.3, -0.25) is 10.3 Å². The normalized spacial score (nSPS) is 17.8. The molecule has 4 rings (SSSR count). The second-order valence-electron chi connectivity index (χ2n) is 7.81. The van der Waals surface area contributed by atoms with Crippen molar-refractivity contribution in [3.63, 3.8) is 0 Å². The lowest BCUT2D eigenvalue weighted by atomic mass is 10.0. The number of nitrogens with one attached hydrogen (secondary N) is 1. The van der Waals surface area contributed by atoms with Crippen LogP contribution in [0.3, 0.4) is 0 Å². The van der Waals surface area contributed by atoms with Gasteiger partial charge >= 0.3 is 0 Å². The Balaban J connectivity index is 1.52. The van der Waals surface area contributed by atoms with E-state index in [2.05, 4.69) is 19.8 Å². The Bertz CT molecular complexity index is 856. The zero-order valence-corrected chi connectivity index (χ0v) is 16.6. The van der Waals surface area contributed by atoms with Crippen molar-refractivity contribution in [2.45, 2.75) is 38.8 Å². The van der Waals surface area contributed by atoms with Gasteiger partial charge in [0.1, 0.15) is 17.9 Å². The van der Waals surface area contributed by atoms with Crippen molar-refractivity contribution >= 4 is 17.2 Å². The van der Waals surface area contributed by atoms with E-state index in [4.69, 9.17) is 15.9 Å². The molecule has 2 heterocycles. The van der Waals surface area contributed by atoms with Crippen LogP contribution >= 0.6 is 0 Å². The largest absolute Gasteiger partial charge is 0.491 e. The number of ether oxygens (including phenoxy) is 1. The SMILES string of the molecule is CC(C)Oc1ccc(N)c(C(=N)c2cc(N3CCN(C4CC4)CC3)ncn2)c1. The molecule has 1 saturated carbocycles. The van der Waals surface area contributed by atoms with Crippen molar-refractivity contribution < 1.29 is 4.74 Å². The van der Waals surface area contributed by atoms with Crippen LogP contribution < -0.4 is 15.4 Å². The number of anilines is 2. The molecule has 1 aromatic carbocycles. The molecule has 1 saturated heterocycles. The maximum atomic E-state index is 8.65. The lowest BCUT2D eigenvalue weighted by Crippen LogP contribution is -2.47. The van der Waals surface area contributed by atoms with E-state index in [0.717, 1.165) is 38.0 Å². The summed E-state index contributed by atoms with van der Waals surface area (Å²) in [5.74, 6) is 1.58. The molecule has 2 fully saturated rings. The first-order chi connectivity index (χ1) is 13.5. The molecule has 7 heteroatoms. The maximum Gasteiger partial charge on any atom is 0.132 e. The van der Waals surface area contributed by atoms with E-state index in [9.17, 15) is 0 Å². The Morgan fingerprint density at radius 2 is 1.89 bits per heavy atom. The first kappa shape index (κ1) is 18.7. The summed E-state index contributed by atoms with van der Waals surface area (Å²) in [7, 11) is 0. The van der Waals surface area contributed by atoms with Gasteiger partial charge in [-0.15, -0.1) is 0 Å². The highest BCUT2D eigenvalue weighted by Crippen LogP contribution is 2.28. The number of piperazine rings is 1. The molecule has 0 radical (unpaired) electrons. The summed E-state index contributed by atoms with van der Waals surface area (Å²) in [5, 5.41) is 8.65. The minimum Gasteiger partial charge on any atom is -0.491 e. The van der Waals surface area contributed by atoms with E-state index in [1.165, 1.54) is 19.2 Å². The summed E-state index contributed by atoms with van der Waals surface area (Å²) >= 11 is 0. The Kier molecular flexibility index (Phi) is 5.17. The lowest BCUT2D eigenvalue weighted by molar-refractivity contribution is 0.242. The molecule has 3 N–H and O–H groups in total. The molecular weight excluding hydrogens is 352 g/mol. The van der Waals surface area contributed by atoms with Crippen LogP contribution in [-0.2, 0) is 0 Å². The van der Waals surface area contributed by atoms with E-state index >= 15 is 0 Å². The number of hydrogen-bond donors (Lipinski definition) is 2. The van der Waals surface area contributed by atoms with Crippen LogP contribution in [-0.4, -0.2) is 58.9 Å². The standard InChI is InChI=1S/C21H28N6O/c1-14(2)28-16-5-6-18(22)17(11-16)21(23)19-12-20(25-13-24-19)27-9-7-26(8-10-27)15-3-4-15/h5-6,11-15,23H,3-4,7-10,22H2,1-2H3. The minimum absolute atomic E-state index is 0.0608. The Morgan fingerprint density at radius 1 is 1.14 bits per heavy atom. The van der Waals surface area contributed by atoms with Gasteiger partial charge in [-0.1, -0.05) is 0 Å². The monoisotopic (exact) mass is 380 g/mol. The number of benzene rings is 1. The maximum absolute atomic E-state index is 8.65. The lowest BCUT2D eigenvalue weighted by Gasteiger charge is -2.35. The molecule has 0 bridgehead atoms. The van der Waals surface area contributed by atoms with E-state index in [-0.39, 0.29) is 11.8 Å². The highest BCUT2D eigenvalue weighted by atomic mass is 16.5. The topological polar surface area (TPSA) is 91.4 Å². The molecule has 28 heavy (non-hydrogen) atoms. The zero-order chi connectivity index (χ0) is 19.7. The van der Waals surface area contributed by atoms with Crippen LogP contribution in [0, 0.1) is 5.41 Å². The third kappa shape index (κ3) is 4.09. The average molecular weight is 380 g/mol. The van der Waals surface area contributed by atoms with Crippen LogP contribution in [0.1, 0.15) is 37.9 Å². The highest BCUT2D eigenvalue weighted by molar-refractivity contribution is 6.13. The summed E-state index contributed by atoms with van der Waals surface area (Å²) in [4.78, 5) is 13.6. The van der Waals surface area contributed by atoms with E-state index < -0.39 is 0 Å². The van der Waals surface area contributed by atoms with Crippen molar-refractivity contribution in [3.05, 3.63) is 41.9 Å². The van der Waals surface area contributed by atoms with Crippen molar-refractivity contribution in [1.82, 2.24) is 14.9 Å². The number of aromatic nitrogens is 2. The minimum atomic E-state index is 0.0608. The van der Waals surface area contributed by atoms with Crippen molar-refractivity contribution in [1.29, 1.82) is 5.41 Å². The van der Waals surface area contributed by atoms with Crippen LogP contribution in [0.2, 0.25) is 0 Å². The Hall–Kier alpha value is -2.67. The third-order valence-corrected chi connectivity index (χ3v) is 5.28. The van der Waals surface area contributed by atoms with Crippen molar-refractivity contribution in [3.8, 4) is 5.75 Å². The molecule has 2 aromatic rings. The molecule has 1 aromatic heterocycles. The summed E-state index contributed by atoms with van der Waals surface area (Å²) < 4.78 is 5.75.